The molecule has 2 aliphatic heterocycles. The van der Waals surface area contributed by atoms with E-state index in [1.807, 2.05) is 0 Å². The summed E-state index contributed by atoms with van der Waals surface area (Å²) in [6.45, 7) is 1.90. The van der Waals surface area contributed by atoms with Crippen molar-refractivity contribution in [1.82, 2.24) is 30.6 Å². The van der Waals surface area contributed by atoms with Gasteiger partial charge in [-0.25, -0.2) is 9.59 Å². The van der Waals surface area contributed by atoms with Gasteiger partial charge in [0.15, 0.2) is 11.6 Å². The Morgan fingerprint density at radius 3 is 1.30 bits per heavy atom. The Balaban J connectivity index is 0.000000340. The molecule has 4 heterocycles. The normalized spacial score (nSPS) is 15.0. The zero-order valence-electron chi connectivity index (χ0n) is 35.6. The van der Waals surface area contributed by atoms with E-state index in [0.717, 1.165) is 0 Å². The molecule has 0 radical (unpaired) electrons. The van der Waals surface area contributed by atoms with Crippen LogP contribution < -0.4 is 134 Å². The number of nitrogen functional groups attached to an aromatic ring is 2. The molecule has 4 atom stereocenters. The maximum absolute atomic E-state index is 12.3. The number of H-pyrrole nitrogens is 2. The molecule has 0 bridgehead atoms. The van der Waals surface area contributed by atoms with Gasteiger partial charge in [-0.1, -0.05) is 0 Å². The number of fused-ring (bicyclic) bond motifs is 2. The molecule has 0 spiro atoms. The van der Waals surface area contributed by atoms with Gasteiger partial charge in [0.1, 0.15) is 23.5 Å². The van der Waals surface area contributed by atoms with E-state index in [1.165, 1.54) is 24.3 Å². The van der Waals surface area contributed by atoms with Gasteiger partial charge in [0.05, 0.1) is 12.1 Å². The maximum atomic E-state index is 12.3. The van der Waals surface area contributed by atoms with E-state index < -0.39 is 60.6 Å². The number of benzene rings is 2. The summed E-state index contributed by atoms with van der Waals surface area (Å²) in [5, 5.41) is 62.5. The molecule has 2 aliphatic rings. The number of aromatic nitrogens is 4. The molecule has 0 aliphatic carbocycles. The molecule has 340 valence electrons. The number of amides is 2. The number of hydrogen-bond acceptors (Lipinski definition) is 20. The van der Waals surface area contributed by atoms with Crippen LogP contribution in [0.15, 0.2) is 58.1 Å². The van der Waals surface area contributed by atoms with Gasteiger partial charge in [0, 0.05) is 60.6 Å². The number of carbonyl (C=O) groups is 6. The van der Waals surface area contributed by atoms with Crippen molar-refractivity contribution >= 4 is 82.0 Å². The molecule has 66 heavy (non-hydrogen) atoms. The number of anilines is 8. The van der Waals surface area contributed by atoms with Crippen molar-refractivity contribution in [2.24, 2.45) is 0 Å². The molecule has 0 saturated carbocycles. The first-order valence-corrected chi connectivity index (χ1v) is 19.4. The van der Waals surface area contributed by atoms with Gasteiger partial charge in [-0.2, -0.15) is 9.97 Å². The van der Waals surface area contributed by atoms with E-state index in [2.05, 4.69) is 62.5 Å². The van der Waals surface area contributed by atoms with Crippen LogP contribution in [0, 0.1) is 0 Å². The van der Waals surface area contributed by atoms with Gasteiger partial charge < -0.3 is 84.0 Å². The third kappa shape index (κ3) is 15.8. The number of carboxylic acids is 4. The SMILES string of the molecule is Nc1nc2c(c(=O)[nH]1)NC(CNc1ccc(C(=O)NC(CCC(=O)[O-])C(=O)O)cc1)CN2.Nc1nc2c(c(=O)[nH]1)NC(CNc1ccc(C(=O)NC(CCC(=O)[O-])C(=O)O)cc1)CN2.[Na+].[Na+]. The van der Waals surface area contributed by atoms with Crippen LogP contribution in [-0.2, 0) is 19.2 Å². The van der Waals surface area contributed by atoms with Crippen LogP contribution >= 0.6 is 0 Å². The number of hydrogen-bond donors (Lipinski definition) is 14. The van der Waals surface area contributed by atoms with Crippen molar-refractivity contribution < 1.29 is 108 Å². The van der Waals surface area contributed by atoms with Gasteiger partial charge in [-0.05, 0) is 74.2 Å². The average molecular weight is 935 g/mol. The Labute approximate surface area is 417 Å². The van der Waals surface area contributed by atoms with Crippen LogP contribution in [0.2, 0.25) is 0 Å². The fourth-order valence-corrected chi connectivity index (χ4v) is 6.18. The van der Waals surface area contributed by atoms with Gasteiger partial charge in [0.25, 0.3) is 22.9 Å². The second-order valence-electron chi connectivity index (χ2n) is 14.3. The number of nitrogens with two attached hydrogens (primary N) is 2. The van der Waals surface area contributed by atoms with Crippen molar-refractivity contribution in [1.29, 1.82) is 0 Å². The molecule has 28 heteroatoms. The summed E-state index contributed by atoms with van der Waals surface area (Å²) >= 11 is 0. The largest absolute Gasteiger partial charge is 1.00 e. The minimum absolute atomic E-state index is 0. The van der Waals surface area contributed by atoms with Gasteiger partial charge >= 0.3 is 71.1 Å². The van der Waals surface area contributed by atoms with E-state index in [0.29, 0.717) is 60.6 Å². The summed E-state index contributed by atoms with van der Waals surface area (Å²) in [7, 11) is 0. The Hall–Kier alpha value is -6.58. The Bertz CT molecular complexity index is 2320. The molecule has 2 amide bonds. The monoisotopic (exact) mass is 934 g/mol. The van der Waals surface area contributed by atoms with Gasteiger partial charge in [0.2, 0.25) is 11.9 Å². The maximum Gasteiger partial charge on any atom is 1.00 e. The van der Waals surface area contributed by atoms with Crippen LogP contribution in [-0.4, -0.2) is 116 Å². The molecule has 26 nitrogen and oxygen atoms in total. The average Bonchev–Trinajstić information content (AvgIpc) is 3.25. The second-order valence-corrected chi connectivity index (χ2v) is 14.3. The van der Waals surface area contributed by atoms with E-state index in [1.54, 1.807) is 24.3 Å². The molecule has 0 fully saturated rings. The van der Waals surface area contributed by atoms with Crippen LogP contribution in [0.25, 0.3) is 0 Å². The smallest absolute Gasteiger partial charge is 0.550 e. The van der Waals surface area contributed by atoms with E-state index in [4.69, 9.17) is 21.7 Å². The zero-order valence-corrected chi connectivity index (χ0v) is 39.6. The van der Waals surface area contributed by atoms with E-state index >= 15 is 0 Å². The molecule has 2 aromatic carbocycles. The molecule has 0 saturated heterocycles. The number of nitrogens with one attached hydrogen (secondary N) is 10. The number of rotatable bonds is 18. The third-order valence-electron chi connectivity index (χ3n) is 9.48. The molecular formula is C38H44N14Na2O12. The van der Waals surface area contributed by atoms with Crippen molar-refractivity contribution in [2.75, 3.05) is 69.5 Å². The topological polar surface area (TPSA) is 429 Å². The van der Waals surface area contributed by atoms with Gasteiger partial charge in [-0.15, -0.1) is 0 Å². The fourth-order valence-electron chi connectivity index (χ4n) is 6.18. The number of carbonyl (C=O) groups excluding carboxylic acids is 4. The first-order valence-electron chi connectivity index (χ1n) is 19.4. The summed E-state index contributed by atoms with van der Waals surface area (Å²) in [4.78, 5) is 105. The van der Waals surface area contributed by atoms with Crippen molar-refractivity contribution in [3.05, 3.63) is 80.4 Å². The first-order chi connectivity index (χ1) is 30.4. The molecule has 2 aromatic heterocycles. The second kappa shape index (κ2) is 25.2. The van der Waals surface area contributed by atoms with Crippen molar-refractivity contribution in [3.63, 3.8) is 0 Å². The number of aromatic amines is 2. The van der Waals surface area contributed by atoms with Crippen molar-refractivity contribution in [2.45, 2.75) is 49.9 Å². The summed E-state index contributed by atoms with van der Waals surface area (Å²) in [5.41, 5.74) is 12.7. The third-order valence-corrected chi connectivity index (χ3v) is 9.48. The first kappa shape index (κ1) is 53.8. The van der Waals surface area contributed by atoms with Crippen LogP contribution in [0.4, 0.5) is 46.3 Å². The molecule has 16 N–H and O–H groups in total. The van der Waals surface area contributed by atoms with Crippen LogP contribution in [0.1, 0.15) is 46.4 Å². The zero-order chi connectivity index (χ0) is 46.5. The summed E-state index contributed by atoms with van der Waals surface area (Å²) in [6.07, 6.45) is -1.52. The molecule has 4 aromatic rings. The van der Waals surface area contributed by atoms with E-state index in [9.17, 15) is 48.6 Å². The quantitative estimate of drug-likeness (QED) is 0.0412. The molecule has 6 rings (SSSR count). The van der Waals surface area contributed by atoms with Gasteiger partial charge in [-0.3, -0.25) is 29.1 Å². The number of carboxylic acid groups (broad SMARTS) is 4. The molecular weight excluding hydrogens is 890 g/mol. The van der Waals surface area contributed by atoms with E-state index in [-0.39, 0.29) is 118 Å². The standard InChI is InChI=1S/2C19H23N7O6.2Na/c2*20-19-25-15-14(17(30)26-19)23-11(8-22-15)7-21-10-3-1-9(2-4-10)16(29)24-12(18(31)32)5-6-13(27)28;;/h2*1-4,11-12,21,23H,5-8H2,(H,24,29)(H,27,28)(H,31,32)(H4,20,22,25,26,30);;/q;;2*+1/p-2. The summed E-state index contributed by atoms with van der Waals surface area (Å²) < 4.78 is 0. The predicted molar refractivity (Wildman–Crippen MR) is 226 cm³/mol. The fraction of sp³-hybridized carbons (Fsp3) is 0.316. The van der Waals surface area contributed by atoms with Crippen LogP contribution in [0.3, 0.4) is 0 Å². The van der Waals surface area contributed by atoms with Crippen LogP contribution in [0.5, 0.6) is 0 Å². The Kier molecular flexibility index (Phi) is 20.5. The minimum atomic E-state index is -1.39. The summed E-state index contributed by atoms with van der Waals surface area (Å²) in [6, 6.07) is 9.69. The van der Waals surface area contributed by atoms with Crippen molar-refractivity contribution in [3.8, 4) is 0 Å². The number of aliphatic carboxylic acids is 4. The number of nitrogens with zero attached hydrogens (tertiary/aromatic N) is 2. The Morgan fingerprint density at radius 1 is 0.636 bits per heavy atom. The predicted octanol–water partition coefficient (Wildman–Crippen LogP) is -9.23. The Morgan fingerprint density at radius 2 is 0.985 bits per heavy atom. The minimum Gasteiger partial charge on any atom is -0.550 e. The summed E-state index contributed by atoms with van der Waals surface area (Å²) in [5.74, 6) is -5.89. The molecule has 4 unspecified atom stereocenters.